The molecule has 2 amide bonds. The minimum atomic E-state index is -0.701. The van der Waals surface area contributed by atoms with E-state index in [1.54, 1.807) is 42.6 Å². The van der Waals surface area contributed by atoms with E-state index in [1.807, 2.05) is 17.5 Å². The Labute approximate surface area is 165 Å². The van der Waals surface area contributed by atoms with Gasteiger partial charge in [0, 0.05) is 11.9 Å². The average molecular weight is 398 g/mol. The number of rotatable bonds is 7. The zero-order valence-corrected chi connectivity index (χ0v) is 15.9. The lowest BCUT2D eigenvalue weighted by molar-refractivity contribution is -0.133. The first kappa shape index (κ1) is 19.4. The number of para-hydroxylation sites is 1. The van der Waals surface area contributed by atoms with Gasteiger partial charge in [-0.1, -0.05) is 18.2 Å². The Morgan fingerprint density at radius 3 is 2.64 bits per heavy atom. The van der Waals surface area contributed by atoms with Gasteiger partial charge in [-0.05, 0) is 35.7 Å². The lowest BCUT2D eigenvalue weighted by Gasteiger charge is -2.16. The number of hydrogen-bond acceptors (Lipinski definition) is 6. The third kappa shape index (κ3) is 4.86. The van der Waals surface area contributed by atoms with Crippen molar-refractivity contribution in [3.05, 3.63) is 76.4 Å². The van der Waals surface area contributed by atoms with Gasteiger partial charge in [0.15, 0.2) is 12.4 Å². The van der Waals surface area contributed by atoms with Gasteiger partial charge in [-0.25, -0.2) is 4.79 Å². The molecule has 2 heterocycles. The molecule has 8 heteroatoms. The van der Waals surface area contributed by atoms with Crippen LogP contribution in [0, 0.1) is 0 Å². The van der Waals surface area contributed by atoms with Crippen LogP contribution in [0.4, 0.5) is 5.69 Å². The molecule has 0 saturated carbocycles. The number of carbonyl (C=O) groups is 3. The van der Waals surface area contributed by atoms with Gasteiger partial charge in [-0.15, -0.1) is 11.3 Å². The van der Waals surface area contributed by atoms with E-state index in [1.165, 1.54) is 23.3 Å². The molecule has 1 N–H and O–H groups in total. The van der Waals surface area contributed by atoms with Crippen molar-refractivity contribution in [2.75, 3.05) is 19.0 Å². The second-order valence-electron chi connectivity index (χ2n) is 5.88. The van der Waals surface area contributed by atoms with Crippen LogP contribution < -0.4 is 5.32 Å². The number of benzene rings is 1. The van der Waals surface area contributed by atoms with Gasteiger partial charge in [-0.2, -0.15) is 0 Å². The Kier molecular flexibility index (Phi) is 6.23. The molecule has 0 radical (unpaired) electrons. The van der Waals surface area contributed by atoms with Crippen molar-refractivity contribution in [3.8, 4) is 0 Å². The minimum absolute atomic E-state index is 0.119. The Morgan fingerprint density at radius 2 is 1.93 bits per heavy atom. The van der Waals surface area contributed by atoms with E-state index in [0.29, 0.717) is 6.54 Å². The largest absolute Gasteiger partial charge is 0.459 e. The van der Waals surface area contributed by atoms with E-state index in [-0.39, 0.29) is 29.5 Å². The molecule has 7 nitrogen and oxygen atoms in total. The normalized spacial score (nSPS) is 10.3. The zero-order chi connectivity index (χ0) is 19.9. The summed E-state index contributed by atoms with van der Waals surface area (Å²) < 4.78 is 10.2. The topological polar surface area (TPSA) is 88.9 Å². The maximum absolute atomic E-state index is 12.4. The second kappa shape index (κ2) is 9.01. The molecule has 3 rings (SSSR count). The number of anilines is 1. The van der Waals surface area contributed by atoms with Gasteiger partial charge >= 0.3 is 5.97 Å². The van der Waals surface area contributed by atoms with Crippen molar-refractivity contribution < 1.29 is 23.5 Å². The molecular weight excluding hydrogens is 380 g/mol. The summed E-state index contributed by atoms with van der Waals surface area (Å²) in [6.45, 7) is 0.0605. The lowest BCUT2D eigenvalue weighted by atomic mass is 10.1. The number of esters is 1. The number of amides is 2. The fourth-order valence-electron chi connectivity index (χ4n) is 2.40. The first-order valence-electron chi connectivity index (χ1n) is 8.42. The average Bonchev–Trinajstić information content (AvgIpc) is 3.40. The van der Waals surface area contributed by atoms with Crippen LogP contribution in [0.2, 0.25) is 0 Å². The van der Waals surface area contributed by atoms with Crippen LogP contribution in [0.5, 0.6) is 0 Å². The van der Waals surface area contributed by atoms with E-state index in [2.05, 4.69) is 5.32 Å². The molecule has 0 fully saturated rings. The fraction of sp³-hybridized carbons (Fsp3) is 0.150. The van der Waals surface area contributed by atoms with Gasteiger partial charge in [-0.3, -0.25) is 9.59 Å². The van der Waals surface area contributed by atoms with Crippen LogP contribution in [0.3, 0.4) is 0 Å². The van der Waals surface area contributed by atoms with Crippen molar-refractivity contribution in [1.82, 2.24) is 4.90 Å². The van der Waals surface area contributed by atoms with Crippen LogP contribution in [0.1, 0.15) is 25.8 Å². The second-order valence-corrected chi connectivity index (χ2v) is 6.91. The molecular formula is C20H18N2O5S. The van der Waals surface area contributed by atoms with Crippen molar-refractivity contribution in [1.29, 1.82) is 0 Å². The highest BCUT2D eigenvalue weighted by molar-refractivity contribution is 7.09. The molecule has 0 bridgehead atoms. The molecule has 3 aromatic rings. The third-order valence-corrected chi connectivity index (χ3v) is 4.73. The molecule has 144 valence electrons. The first-order chi connectivity index (χ1) is 13.5. The number of carbonyl (C=O) groups excluding carboxylic acids is 3. The van der Waals surface area contributed by atoms with Gasteiger partial charge in [0.05, 0.1) is 24.1 Å². The van der Waals surface area contributed by atoms with E-state index in [0.717, 1.165) is 4.88 Å². The standard InChI is InChI=1S/C20H18N2O5S/c1-22(12-14-6-5-11-28-14)18(23)13-27-20(25)15-7-2-3-8-16(15)21-19(24)17-9-4-10-26-17/h2-11H,12-13H2,1H3,(H,21,24). The molecule has 0 aliphatic heterocycles. The van der Waals surface area contributed by atoms with Crippen LogP contribution in [-0.4, -0.2) is 36.3 Å². The summed E-state index contributed by atoms with van der Waals surface area (Å²) in [7, 11) is 1.65. The first-order valence-corrected chi connectivity index (χ1v) is 9.30. The summed E-state index contributed by atoms with van der Waals surface area (Å²) in [5, 5.41) is 4.54. The minimum Gasteiger partial charge on any atom is -0.459 e. The van der Waals surface area contributed by atoms with E-state index < -0.39 is 11.9 Å². The SMILES string of the molecule is CN(Cc1cccs1)C(=O)COC(=O)c1ccccc1NC(=O)c1ccco1. The molecule has 0 atom stereocenters. The summed E-state index contributed by atoms with van der Waals surface area (Å²) in [6, 6.07) is 13.3. The van der Waals surface area contributed by atoms with Gasteiger partial charge in [0.2, 0.25) is 0 Å². The quantitative estimate of drug-likeness (QED) is 0.616. The molecule has 0 unspecified atom stereocenters. The molecule has 0 aliphatic carbocycles. The number of ether oxygens (including phenoxy) is 1. The highest BCUT2D eigenvalue weighted by atomic mass is 32.1. The number of nitrogens with one attached hydrogen (secondary N) is 1. The van der Waals surface area contributed by atoms with Gasteiger partial charge in [0.1, 0.15) is 0 Å². The number of nitrogens with zero attached hydrogens (tertiary/aromatic N) is 1. The Hall–Kier alpha value is -3.39. The highest BCUT2D eigenvalue weighted by Crippen LogP contribution is 2.18. The van der Waals surface area contributed by atoms with Crippen molar-refractivity contribution in [2.24, 2.45) is 0 Å². The van der Waals surface area contributed by atoms with E-state index in [9.17, 15) is 14.4 Å². The maximum Gasteiger partial charge on any atom is 0.340 e. The lowest BCUT2D eigenvalue weighted by Crippen LogP contribution is -2.30. The van der Waals surface area contributed by atoms with E-state index in [4.69, 9.17) is 9.15 Å². The van der Waals surface area contributed by atoms with Crippen LogP contribution in [0.15, 0.2) is 64.6 Å². The smallest absolute Gasteiger partial charge is 0.340 e. The molecule has 1 aromatic carbocycles. The van der Waals surface area contributed by atoms with Gasteiger partial charge < -0.3 is 19.4 Å². The number of hydrogen-bond donors (Lipinski definition) is 1. The van der Waals surface area contributed by atoms with Gasteiger partial charge in [0.25, 0.3) is 11.8 Å². The highest BCUT2D eigenvalue weighted by Gasteiger charge is 2.18. The Bertz CT molecular complexity index is 951. The molecule has 0 saturated heterocycles. The Balaban J connectivity index is 1.59. The summed E-state index contributed by atoms with van der Waals surface area (Å²) >= 11 is 1.55. The summed E-state index contributed by atoms with van der Waals surface area (Å²) in [4.78, 5) is 39.3. The molecule has 2 aromatic heterocycles. The third-order valence-electron chi connectivity index (χ3n) is 3.87. The van der Waals surface area contributed by atoms with Crippen molar-refractivity contribution in [3.63, 3.8) is 0 Å². The number of furan rings is 1. The van der Waals surface area contributed by atoms with Crippen molar-refractivity contribution >= 4 is 34.8 Å². The summed E-state index contributed by atoms with van der Waals surface area (Å²) in [5.74, 6) is -1.39. The number of likely N-dealkylation sites (N-methyl/N-ethyl adjacent to an activating group) is 1. The van der Waals surface area contributed by atoms with Crippen LogP contribution >= 0.6 is 11.3 Å². The summed E-state index contributed by atoms with van der Waals surface area (Å²) in [6.07, 6.45) is 1.38. The van der Waals surface area contributed by atoms with Crippen LogP contribution in [-0.2, 0) is 16.1 Å². The number of thiophene rings is 1. The summed E-state index contributed by atoms with van der Waals surface area (Å²) in [5.41, 5.74) is 0.421. The maximum atomic E-state index is 12.4. The van der Waals surface area contributed by atoms with E-state index >= 15 is 0 Å². The molecule has 0 spiro atoms. The molecule has 28 heavy (non-hydrogen) atoms. The van der Waals surface area contributed by atoms with Crippen LogP contribution in [0.25, 0.3) is 0 Å². The predicted molar refractivity (Wildman–Crippen MR) is 104 cm³/mol. The molecule has 0 aliphatic rings. The van der Waals surface area contributed by atoms with Crippen molar-refractivity contribution in [2.45, 2.75) is 6.54 Å². The predicted octanol–water partition coefficient (Wildman–Crippen LogP) is 3.41. The zero-order valence-electron chi connectivity index (χ0n) is 15.1. The fourth-order valence-corrected chi connectivity index (χ4v) is 3.16. The monoisotopic (exact) mass is 398 g/mol. The Morgan fingerprint density at radius 1 is 1.11 bits per heavy atom.